The maximum atomic E-state index is 12.7. The Hall–Kier alpha value is -2.43. The van der Waals surface area contributed by atoms with Crippen LogP contribution in [0.1, 0.15) is 11.1 Å². The summed E-state index contributed by atoms with van der Waals surface area (Å²) in [4.78, 5) is 13.4. The lowest BCUT2D eigenvalue weighted by atomic mass is 10.2. The number of carbonyl (C=O) groups is 1. The first-order chi connectivity index (χ1) is 9.15. The Morgan fingerprint density at radius 3 is 2.79 bits per heavy atom. The molecule has 1 aromatic heterocycles. The van der Waals surface area contributed by atoms with Gasteiger partial charge >= 0.3 is 0 Å². The van der Waals surface area contributed by atoms with E-state index in [1.165, 1.54) is 18.2 Å². The third-order valence-electron chi connectivity index (χ3n) is 2.64. The van der Waals surface area contributed by atoms with Crippen molar-refractivity contribution >= 4 is 12.0 Å². The van der Waals surface area contributed by atoms with E-state index in [1.54, 1.807) is 42.6 Å². The average Bonchev–Trinajstić information content (AvgIpc) is 2.90. The molecule has 0 radical (unpaired) electrons. The highest BCUT2D eigenvalue weighted by molar-refractivity contribution is 5.91. The minimum absolute atomic E-state index is 0.120. The van der Waals surface area contributed by atoms with E-state index in [0.717, 1.165) is 11.1 Å². The number of hydrogen-bond acceptors (Lipinski definition) is 2. The van der Waals surface area contributed by atoms with Gasteiger partial charge in [-0.2, -0.15) is 5.10 Å². The van der Waals surface area contributed by atoms with Gasteiger partial charge in [0.2, 0.25) is 5.91 Å². The number of H-pyrrole nitrogens is 1. The van der Waals surface area contributed by atoms with Crippen LogP contribution in [0.4, 0.5) is 4.39 Å². The monoisotopic (exact) mass is 259 g/mol. The summed E-state index contributed by atoms with van der Waals surface area (Å²) in [6, 6.07) is 5.96. The van der Waals surface area contributed by atoms with Crippen LogP contribution in [0.25, 0.3) is 6.08 Å². The third kappa shape index (κ3) is 3.77. The van der Waals surface area contributed by atoms with Crippen molar-refractivity contribution in [3.05, 3.63) is 59.7 Å². The molecule has 0 saturated heterocycles. The fraction of sp³-hybridized carbons (Fsp3) is 0.143. The largest absolute Gasteiger partial charge is 0.338 e. The van der Waals surface area contributed by atoms with Gasteiger partial charge in [-0.1, -0.05) is 12.1 Å². The molecule has 0 spiro atoms. The van der Waals surface area contributed by atoms with E-state index in [-0.39, 0.29) is 11.7 Å². The summed E-state index contributed by atoms with van der Waals surface area (Å²) in [5.74, 6) is -0.411. The Balaban J connectivity index is 1.94. The molecule has 19 heavy (non-hydrogen) atoms. The number of hydrogen-bond donors (Lipinski definition) is 1. The standard InChI is InChI=1S/C14H14FN3O/c1-18(10-12-8-16-17-9-12)14(19)7-4-11-2-5-13(15)6-3-11/h2-9H,10H2,1H3,(H,16,17). The fourth-order valence-corrected chi connectivity index (χ4v) is 1.58. The van der Waals surface area contributed by atoms with E-state index in [1.807, 2.05) is 0 Å². The Morgan fingerprint density at radius 1 is 1.42 bits per heavy atom. The molecule has 1 N–H and O–H groups in total. The van der Waals surface area contributed by atoms with Crippen molar-refractivity contribution in [3.63, 3.8) is 0 Å². The maximum Gasteiger partial charge on any atom is 0.246 e. The number of carbonyl (C=O) groups excluding carboxylic acids is 1. The van der Waals surface area contributed by atoms with Crippen LogP contribution in [0.5, 0.6) is 0 Å². The van der Waals surface area contributed by atoms with E-state index < -0.39 is 0 Å². The van der Waals surface area contributed by atoms with Gasteiger partial charge in [-0.3, -0.25) is 9.89 Å². The van der Waals surface area contributed by atoms with Crippen molar-refractivity contribution in [2.45, 2.75) is 6.54 Å². The van der Waals surface area contributed by atoms with E-state index >= 15 is 0 Å². The minimum atomic E-state index is -0.291. The molecule has 2 aromatic rings. The van der Waals surface area contributed by atoms with E-state index in [2.05, 4.69) is 10.2 Å². The van der Waals surface area contributed by atoms with Crippen molar-refractivity contribution in [2.75, 3.05) is 7.05 Å². The number of likely N-dealkylation sites (N-methyl/N-ethyl adjacent to an activating group) is 1. The number of nitrogens with zero attached hydrogens (tertiary/aromatic N) is 2. The highest BCUT2D eigenvalue weighted by atomic mass is 19.1. The van der Waals surface area contributed by atoms with Crippen LogP contribution in [0.15, 0.2) is 42.7 Å². The minimum Gasteiger partial charge on any atom is -0.338 e. The molecule has 0 aliphatic rings. The quantitative estimate of drug-likeness (QED) is 0.856. The first-order valence-corrected chi connectivity index (χ1v) is 5.81. The number of rotatable bonds is 4. The zero-order valence-corrected chi connectivity index (χ0v) is 10.5. The fourth-order valence-electron chi connectivity index (χ4n) is 1.58. The molecule has 0 bridgehead atoms. The molecule has 0 saturated carbocycles. The third-order valence-corrected chi connectivity index (χ3v) is 2.64. The molecule has 1 amide bonds. The smallest absolute Gasteiger partial charge is 0.246 e. The lowest BCUT2D eigenvalue weighted by molar-refractivity contribution is -0.125. The molecular weight excluding hydrogens is 245 g/mol. The molecule has 2 rings (SSSR count). The van der Waals surface area contributed by atoms with Gasteiger partial charge in [0, 0.05) is 31.4 Å². The van der Waals surface area contributed by atoms with E-state index in [4.69, 9.17) is 0 Å². The second-order valence-corrected chi connectivity index (χ2v) is 4.19. The molecular formula is C14H14FN3O. The Morgan fingerprint density at radius 2 is 2.16 bits per heavy atom. The van der Waals surface area contributed by atoms with Gasteiger partial charge in [-0.15, -0.1) is 0 Å². The Labute approximate surface area is 110 Å². The van der Waals surface area contributed by atoms with E-state index in [9.17, 15) is 9.18 Å². The number of halogens is 1. The second kappa shape index (κ2) is 5.95. The summed E-state index contributed by atoms with van der Waals surface area (Å²) in [6.07, 6.45) is 6.54. The molecule has 0 atom stereocenters. The number of amides is 1. The molecule has 0 fully saturated rings. The molecule has 0 aliphatic carbocycles. The van der Waals surface area contributed by atoms with Gasteiger partial charge in [0.05, 0.1) is 6.20 Å². The van der Waals surface area contributed by atoms with Gasteiger partial charge in [0.15, 0.2) is 0 Å². The van der Waals surface area contributed by atoms with Crippen molar-refractivity contribution < 1.29 is 9.18 Å². The first kappa shape index (κ1) is 13.0. The lowest BCUT2D eigenvalue weighted by Crippen LogP contribution is -2.23. The topological polar surface area (TPSA) is 49.0 Å². The number of aromatic amines is 1. The molecule has 0 unspecified atom stereocenters. The van der Waals surface area contributed by atoms with E-state index in [0.29, 0.717) is 6.54 Å². The van der Waals surface area contributed by atoms with Gasteiger partial charge < -0.3 is 4.90 Å². The number of nitrogens with one attached hydrogen (secondary N) is 1. The average molecular weight is 259 g/mol. The summed E-state index contributed by atoms with van der Waals surface area (Å²) >= 11 is 0. The Kier molecular flexibility index (Phi) is 4.07. The highest BCUT2D eigenvalue weighted by Gasteiger charge is 2.06. The van der Waals surface area contributed by atoms with Crippen LogP contribution >= 0.6 is 0 Å². The normalized spacial score (nSPS) is 10.8. The van der Waals surface area contributed by atoms with Crippen LogP contribution in [0, 0.1) is 5.82 Å². The maximum absolute atomic E-state index is 12.7. The zero-order valence-electron chi connectivity index (χ0n) is 10.5. The summed E-state index contributed by atoms with van der Waals surface area (Å²) in [5.41, 5.74) is 1.72. The molecule has 98 valence electrons. The highest BCUT2D eigenvalue weighted by Crippen LogP contribution is 2.06. The van der Waals surface area contributed by atoms with Crippen LogP contribution in [0.3, 0.4) is 0 Å². The van der Waals surface area contributed by atoms with Crippen LogP contribution in [0.2, 0.25) is 0 Å². The lowest BCUT2D eigenvalue weighted by Gasteiger charge is -2.13. The molecule has 1 aromatic carbocycles. The van der Waals surface area contributed by atoms with Crippen molar-refractivity contribution in [3.8, 4) is 0 Å². The molecule has 0 aliphatic heterocycles. The summed E-state index contributed by atoms with van der Waals surface area (Å²) < 4.78 is 12.7. The first-order valence-electron chi connectivity index (χ1n) is 5.81. The summed E-state index contributed by atoms with van der Waals surface area (Å²) in [6.45, 7) is 0.489. The SMILES string of the molecule is CN(Cc1cn[nH]c1)C(=O)C=Cc1ccc(F)cc1. The predicted molar refractivity (Wildman–Crippen MR) is 70.5 cm³/mol. The van der Waals surface area contributed by atoms with Gasteiger partial charge in [-0.25, -0.2) is 4.39 Å². The van der Waals surface area contributed by atoms with Crippen molar-refractivity contribution in [1.82, 2.24) is 15.1 Å². The van der Waals surface area contributed by atoms with Crippen LogP contribution in [-0.2, 0) is 11.3 Å². The van der Waals surface area contributed by atoms with Crippen molar-refractivity contribution in [1.29, 1.82) is 0 Å². The predicted octanol–water partition coefficient (Wildman–Crippen LogP) is 2.22. The number of aromatic nitrogens is 2. The van der Waals surface area contributed by atoms with Crippen LogP contribution in [-0.4, -0.2) is 28.1 Å². The second-order valence-electron chi connectivity index (χ2n) is 4.19. The summed E-state index contributed by atoms with van der Waals surface area (Å²) in [7, 11) is 1.71. The molecule has 1 heterocycles. The van der Waals surface area contributed by atoms with Crippen LogP contribution < -0.4 is 0 Å². The Bertz CT molecular complexity index is 561. The van der Waals surface area contributed by atoms with Gasteiger partial charge in [0.1, 0.15) is 5.82 Å². The molecule has 4 nitrogen and oxygen atoms in total. The van der Waals surface area contributed by atoms with Gasteiger partial charge in [0.25, 0.3) is 0 Å². The zero-order chi connectivity index (χ0) is 13.7. The molecule has 5 heteroatoms. The number of benzene rings is 1. The van der Waals surface area contributed by atoms with Gasteiger partial charge in [-0.05, 0) is 23.8 Å². The summed E-state index contributed by atoms with van der Waals surface area (Å²) in [5, 5.41) is 6.52. The van der Waals surface area contributed by atoms with Crippen molar-refractivity contribution in [2.24, 2.45) is 0 Å².